The fraction of sp³-hybridized carbons (Fsp3) is 0.600. The second-order valence-electron chi connectivity index (χ2n) is 5.61. The fourth-order valence-corrected chi connectivity index (χ4v) is 3.78. The van der Waals surface area contributed by atoms with Crippen molar-refractivity contribution < 1.29 is 9.59 Å². The van der Waals surface area contributed by atoms with Gasteiger partial charge in [-0.2, -0.15) is 0 Å². The molecule has 0 unspecified atom stereocenters. The second-order valence-corrected chi connectivity index (χ2v) is 6.71. The van der Waals surface area contributed by atoms with Crippen LogP contribution < -0.4 is 5.32 Å². The first-order valence-corrected chi connectivity index (χ1v) is 7.92. The first-order chi connectivity index (χ1) is 9.41. The molecule has 0 fully saturated rings. The molecule has 0 aliphatic heterocycles. The summed E-state index contributed by atoms with van der Waals surface area (Å²) in [5.74, 6) is -0.104. The minimum atomic E-state index is -0.121. The Labute approximate surface area is 124 Å². The Balaban J connectivity index is 2.45. The van der Waals surface area contributed by atoms with E-state index in [0.29, 0.717) is 0 Å². The molecule has 0 saturated heterocycles. The number of amides is 2. The molecule has 0 atom stereocenters. The van der Waals surface area contributed by atoms with Crippen molar-refractivity contribution in [3.63, 3.8) is 0 Å². The third-order valence-electron chi connectivity index (χ3n) is 3.77. The average Bonchev–Trinajstić information content (AvgIpc) is 2.73. The monoisotopic (exact) mass is 294 g/mol. The van der Waals surface area contributed by atoms with Crippen LogP contribution in [0.2, 0.25) is 0 Å². The fourth-order valence-electron chi connectivity index (χ4n) is 2.45. The summed E-state index contributed by atoms with van der Waals surface area (Å²) in [6.45, 7) is 5.47. The Morgan fingerprint density at radius 2 is 1.90 bits per heavy atom. The van der Waals surface area contributed by atoms with Crippen LogP contribution in [0, 0.1) is 0 Å². The molecule has 1 N–H and O–H groups in total. The zero-order valence-corrected chi connectivity index (χ0v) is 13.4. The Bertz CT molecular complexity index is 534. The van der Waals surface area contributed by atoms with Gasteiger partial charge in [0.25, 0.3) is 5.91 Å². The maximum Gasteiger partial charge on any atom is 0.257 e. The molecule has 1 aliphatic rings. The second kappa shape index (κ2) is 5.95. The van der Waals surface area contributed by atoms with E-state index in [-0.39, 0.29) is 17.9 Å². The van der Waals surface area contributed by atoms with Crippen molar-refractivity contribution in [1.29, 1.82) is 0 Å². The molecule has 0 spiro atoms. The molecule has 2 amide bonds. The highest BCUT2D eigenvalue weighted by Gasteiger charge is 2.28. The molecule has 4 nitrogen and oxygen atoms in total. The lowest BCUT2D eigenvalue weighted by Gasteiger charge is -2.23. The Morgan fingerprint density at radius 1 is 1.25 bits per heavy atom. The van der Waals surface area contributed by atoms with Crippen molar-refractivity contribution in [2.75, 3.05) is 12.4 Å². The smallest absolute Gasteiger partial charge is 0.257 e. The molecule has 5 heteroatoms. The molecule has 1 heterocycles. The minimum absolute atomic E-state index is 0.0168. The summed E-state index contributed by atoms with van der Waals surface area (Å²) in [4.78, 5) is 27.1. The van der Waals surface area contributed by atoms with Crippen LogP contribution in [-0.4, -0.2) is 29.8 Å². The molecule has 0 saturated carbocycles. The van der Waals surface area contributed by atoms with Gasteiger partial charge in [0, 0.05) is 24.9 Å². The zero-order chi connectivity index (χ0) is 14.9. The van der Waals surface area contributed by atoms with E-state index in [0.717, 1.165) is 35.4 Å². The molecular weight excluding hydrogens is 272 g/mol. The summed E-state index contributed by atoms with van der Waals surface area (Å²) in [5.41, 5.74) is 1.87. The maximum absolute atomic E-state index is 12.7. The molecule has 1 aliphatic carbocycles. The molecule has 110 valence electrons. The van der Waals surface area contributed by atoms with Crippen LogP contribution >= 0.6 is 11.3 Å². The number of anilines is 1. The van der Waals surface area contributed by atoms with Gasteiger partial charge in [-0.25, -0.2) is 0 Å². The number of fused-ring (bicyclic) bond motifs is 1. The van der Waals surface area contributed by atoms with E-state index in [4.69, 9.17) is 0 Å². The van der Waals surface area contributed by atoms with Gasteiger partial charge in [0.05, 0.1) is 5.56 Å². The van der Waals surface area contributed by atoms with Crippen molar-refractivity contribution in [2.24, 2.45) is 0 Å². The topological polar surface area (TPSA) is 49.4 Å². The SMILES string of the molecule is CC(=O)Nc1sc2c(c1C(=O)N(C)C(C)C)CCCC2. The summed E-state index contributed by atoms with van der Waals surface area (Å²) in [5, 5.41) is 3.56. The standard InChI is InChI=1S/C15H22N2O2S/c1-9(2)17(4)15(19)13-11-7-5-6-8-12(11)20-14(13)16-10(3)18/h9H,5-8H2,1-4H3,(H,16,18). The summed E-state index contributed by atoms with van der Waals surface area (Å²) in [6.07, 6.45) is 4.25. The molecule has 1 aromatic rings. The maximum atomic E-state index is 12.7. The Kier molecular flexibility index (Phi) is 4.48. The third kappa shape index (κ3) is 2.87. The molecule has 0 radical (unpaired) electrons. The van der Waals surface area contributed by atoms with Crippen molar-refractivity contribution in [3.05, 3.63) is 16.0 Å². The van der Waals surface area contributed by atoms with E-state index in [1.54, 1.807) is 16.2 Å². The van der Waals surface area contributed by atoms with E-state index in [1.807, 2.05) is 20.9 Å². The first-order valence-electron chi connectivity index (χ1n) is 7.11. The van der Waals surface area contributed by atoms with Gasteiger partial charge in [-0.15, -0.1) is 11.3 Å². The van der Waals surface area contributed by atoms with Gasteiger partial charge in [0.15, 0.2) is 0 Å². The quantitative estimate of drug-likeness (QED) is 0.931. The van der Waals surface area contributed by atoms with Gasteiger partial charge in [-0.1, -0.05) is 0 Å². The van der Waals surface area contributed by atoms with E-state index in [9.17, 15) is 9.59 Å². The lowest BCUT2D eigenvalue weighted by atomic mass is 9.95. The molecule has 20 heavy (non-hydrogen) atoms. The van der Waals surface area contributed by atoms with Gasteiger partial charge < -0.3 is 10.2 Å². The van der Waals surface area contributed by atoms with Crippen molar-refractivity contribution >= 4 is 28.2 Å². The number of thiophene rings is 1. The van der Waals surface area contributed by atoms with Gasteiger partial charge in [0.1, 0.15) is 5.00 Å². The van der Waals surface area contributed by atoms with E-state index < -0.39 is 0 Å². The van der Waals surface area contributed by atoms with Crippen molar-refractivity contribution in [2.45, 2.75) is 52.5 Å². The van der Waals surface area contributed by atoms with Crippen molar-refractivity contribution in [1.82, 2.24) is 4.90 Å². The molecule has 0 bridgehead atoms. The largest absolute Gasteiger partial charge is 0.339 e. The van der Waals surface area contributed by atoms with Crippen LogP contribution in [0.25, 0.3) is 0 Å². The minimum Gasteiger partial charge on any atom is -0.339 e. The first kappa shape index (κ1) is 15.0. The van der Waals surface area contributed by atoms with E-state index in [2.05, 4.69) is 5.32 Å². The van der Waals surface area contributed by atoms with Gasteiger partial charge >= 0.3 is 0 Å². The molecule has 0 aromatic carbocycles. The summed E-state index contributed by atoms with van der Waals surface area (Å²) in [6, 6.07) is 0.145. The number of aryl methyl sites for hydroxylation is 1. The molecule has 1 aromatic heterocycles. The van der Waals surface area contributed by atoms with E-state index >= 15 is 0 Å². The zero-order valence-electron chi connectivity index (χ0n) is 12.6. The highest BCUT2D eigenvalue weighted by molar-refractivity contribution is 7.17. The predicted molar refractivity (Wildman–Crippen MR) is 82.5 cm³/mol. The highest BCUT2D eigenvalue weighted by atomic mass is 32.1. The lowest BCUT2D eigenvalue weighted by Crippen LogP contribution is -2.34. The lowest BCUT2D eigenvalue weighted by molar-refractivity contribution is -0.114. The number of nitrogens with one attached hydrogen (secondary N) is 1. The Hall–Kier alpha value is -1.36. The van der Waals surface area contributed by atoms with Gasteiger partial charge in [-0.3, -0.25) is 9.59 Å². The van der Waals surface area contributed by atoms with Crippen LogP contribution in [0.4, 0.5) is 5.00 Å². The number of rotatable bonds is 3. The highest BCUT2D eigenvalue weighted by Crippen LogP contribution is 2.38. The van der Waals surface area contributed by atoms with Crippen LogP contribution in [0.1, 0.15) is 54.4 Å². The third-order valence-corrected chi connectivity index (χ3v) is 4.98. The summed E-state index contributed by atoms with van der Waals surface area (Å²) < 4.78 is 0. The predicted octanol–water partition coefficient (Wildman–Crippen LogP) is 3.07. The summed E-state index contributed by atoms with van der Waals surface area (Å²) >= 11 is 1.57. The molecule has 2 rings (SSSR count). The molecular formula is C15H22N2O2S. The number of hydrogen-bond donors (Lipinski definition) is 1. The van der Waals surface area contributed by atoms with Gasteiger partial charge in [0.2, 0.25) is 5.91 Å². The van der Waals surface area contributed by atoms with Crippen LogP contribution in [0.15, 0.2) is 0 Å². The number of hydrogen-bond acceptors (Lipinski definition) is 3. The average molecular weight is 294 g/mol. The van der Waals surface area contributed by atoms with Crippen LogP contribution in [-0.2, 0) is 17.6 Å². The van der Waals surface area contributed by atoms with Crippen molar-refractivity contribution in [3.8, 4) is 0 Å². The number of carbonyl (C=O) groups is 2. The Morgan fingerprint density at radius 3 is 2.50 bits per heavy atom. The normalized spacial score (nSPS) is 14.1. The number of nitrogens with zero attached hydrogens (tertiary/aromatic N) is 1. The van der Waals surface area contributed by atoms with Crippen LogP contribution in [0.3, 0.4) is 0 Å². The van der Waals surface area contributed by atoms with E-state index in [1.165, 1.54) is 18.2 Å². The summed E-state index contributed by atoms with van der Waals surface area (Å²) in [7, 11) is 1.82. The van der Waals surface area contributed by atoms with Crippen LogP contribution in [0.5, 0.6) is 0 Å². The number of carbonyl (C=O) groups excluding carboxylic acids is 2. The van der Waals surface area contributed by atoms with Gasteiger partial charge in [-0.05, 0) is 45.1 Å².